The normalized spacial score (nSPS) is 22.8. The molecular weight excluding hydrogens is 454 g/mol. The van der Waals surface area contributed by atoms with E-state index in [-0.39, 0.29) is 6.03 Å². The van der Waals surface area contributed by atoms with E-state index in [1.54, 1.807) is 7.11 Å². The molecule has 2 N–H and O–H groups in total. The summed E-state index contributed by atoms with van der Waals surface area (Å²) >= 11 is 3.70. The van der Waals surface area contributed by atoms with E-state index in [0.717, 1.165) is 36.8 Å². The van der Waals surface area contributed by atoms with Crippen LogP contribution in [0.3, 0.4) is 0 Å². The second kappa shape index (κ2) is 12.7. The Kier molecular flexibility index (Phi) is 9.97. The zero-order valence-corrected chi connectivity index (χ0v) is 20.9. The van der Waals surface area contributed by atoms with Gasteiger partial charge in [0.25, 0.3) is 0 Å². The van der Waals surface area contributed by atoms with Crippen molar-refractivity contribution in [3.05, 3.63) is 28.2 Å². The van der Waals surface area contributed by atoms with Crippen LogP contribution in [0.5, 0.6) is 5.75 Å². The molecule has 0 aromatic heterocycles. The number of amides is 2. The molecule has 31 heavy (non-hydrogen) atoms. The minimum absolute atomic E-state index is 0.00638. The fourth-order valence-corrected chi connectivity index (χ4v) is 5.56. The lowest BCUT2D eigenvalue weighted by atomic mass is 9.83. The third kappa shape index (κ3) is 7.98. The molecule has 1 saturated heterocycles. The van der Waals surface area contributed by atoms with Crippen molar-refractivity contribution in [2.75, 3.05) is 33.3 Å². The second-order valence-corrected chi connectivity index (χ2v) is 10.2. The Bertz CT molecular complexity index is 683. The SMILES string of the molecule is CCNC(=O)N[C@H]1CC[C@H](CCCN2CCC(Cc3cc(OC)ccc3Br)CC2)CC1. The Labute approximate surface area is 196 Å². The van der Waals surface area contributed by atoms with Gasteiger partial charge in [0.05, 0.1) is 7.11 Å². The average Bonchev–Trinajstić information content (AvgIpc) is 2.78. The Morgan fingerprint density at radius 3 is 2.55 bits per heavy atom. The van der Waals surface area contributed by atoms with Gasteiger partial charge in [0.2, 0.25) is 0 Å². The Balaban J connectivity index is 1.29. The van der Waals surface area contributed by atoms with Crippen LogP contribution < -0.4 is 15.4 Å². The first-order valence-electron chi connectivity index (χ1n) is 12.2. The van der Waals surface area contributed by atoms with Crippen molar-refractivity contribution < 1.29 is 9.53 Å². The van der Waals surface area contributed by atoms with E-state index in [4.69, 9.17) is 4.74 Å². The van der Waals surface area contributed by atoms with Gasteiger partial charge in [0.1, 0.15) is 5.75 Å². The summed E-state index contributed by atoms with van der Waals surface area (Å²) in [5.41, 5.74) is 1.37. The van der Waals surface area contributed by atoms with E-state index in [9.17, 15) is 4.79 Å². The van der Waals surface area contributed by atoms with Crippen molar-refractivity contribution in [2.24, 2.45) is 11.8 Å². The maximum absolute atomic E-state index is 11.7. The summed E-state index contributed by atoms with van der Waals surface area (Å²) in [7, 11) is 1.74. The average molecular weight is 495 g/mol. The van der Waals surface area contributed by atoms with Crippen LogP contribution in [-0.4, -0.2) is 50.3 Å². The molecular formula is C25H40BrN3O2. The zero-order valence-electron chi connectivity index (χ0n) is 19.3. The summed E-state index contributed by atoms with van der Waals surface area (Å²) in [5.74, 6) is 2.56. The summed E-state index contributed by atoms with van der Waals surface area (Å²) in [6, 6.07) is 6.66. The number of carbonyl (C=O) groups is 1. The molecule has 0 radical (unpaired) electrons. The van der Waals surface area contributed by atoms with Crippen molar-refractivity contribution in [1.29, 1.82) is 0 Å². The lowest BCUT2D eigenvalue weighted by molar-refractivity contribution is 0.174. The molecule has 2 aliphatic rings. The van der Waals surface area contributed by atoms with Crippen molar-refractivity contribution >= 4 is 22.0 Å². The molecule has 1 aromatic carbocycles. The van der Waals surface area contributed by atoms with Crippen LogP contribution >= 0.6 is 15.9 Å². The number of nitrogens with one attached hydrogen (secondary N) is 2. The van der Waals surface area contributed by atoms with Crippen molar-refractivity contribution in [3.8, 4) is 5.75 Å². The molecule has 174 valence electrons. The van der Waals surface area contributed by atoms with Crippen LogP contribution in [0.2, 0.25) is 0 Å². The lowest BCUT2D eigenvalue weighted by Crippen LogP contribution is -2.43. The van der Waals surface area contributed by atoms with Gasteiger partial charge in [-0.25, -0.2) is 4.79 Å². The first-order valence-corrected chi connectivity index (χ1v) is 13.0. The number of benzene rings is 1. The molecule has 1 aliphatic carbocycles. The molecule has 3 rings (SSSR count). The first kappa shape index (κ1) is 24.4. The van der Waals surface area contributed by atoms with E-state index >= 15 is 0 Å². The van der Waals surface area contributed by atoms with Gasteiger partial charge < -0.3 is 20.3 Å². The fourth-order valence-electron chi connectivity index (χ4n) is 5.16. The number of halogens is 1. The summed E-state index contributed by atoms with van der Waals surface area (Å²) in [5, 5.41) is 5.95. The molecule has 0 spiro atoms. The fraction of sp³-hybridized carbons (Fsp3) is 0.720. The van der Waals surface area contributed by atoms with Crippen molar-refractivity contribution in [3.63, 3.8) is 0 Å². The molecule has 2 amide bonds. The summed E-state index contributed by atoms with van der Waals surface area (Å²) in [6.07, 6.45) is 11.2. The molecule has 0 atom stereocenters. The van der Waals surface area contributed by atoms with Crippen molar-refractivity contribution in [2.45, 2.75) is 70.8 Å². The maximum atomic E-state index is 11.7. The van der Waals surface area contributed by atoms with Gasteiger partial charge in [-0.15, -0.1) is 0 Å². The van der Waals surface area contributed by atoms with Gasteiger partial charge in [-0.2, -0.15) is 0 Å². The number of rotatable bonds is 9. The van der Waals surface area contributed by atoms with Crippen LogP contribution in [0.4, 0.5) is 4.79 Å². The maximum Gasteiger partial charge on any atom is 0.314 e. The van der Waals surface area contributed by atoms with E-state index in [1.807, 2.05) is 13.0 Å². The van der Waals surface area contributed by atoms with Gasteiger partial charge in [0.15, 0.2) is 0 Å². The van der Waals surface area contributed by atoms with Gasteiger partial charge >= 0.3 is 6.03 Å². The third-order valence-corrected chi connectivity index (χ3v) is 7.85. The van der Waals surface area contributed by atoms with Crippen LogP contribution in [0, 0.1) is 11.8 Å². The van der Waals surface area contributed by atoms with Crippen molar-refractivity contribution in [1.82, 2.24) is 15.5 Å². The highest BCUT2D eigenvalue weighted by Gasteiger charge is 2.23. The van der Waals surface area contributed by atoms with Gasteiger partial charge in [-0.3, -0.25) is 0 Å². The Morgan fingerprint density at radius 2 is 1.87 bits per heavy atom. The number of carbonyl (C=O) groups excluding carboxylic acids is 1. The molecule has 5 nitrogen and oxygen atoms in total. The smallest absolute Gasteiger partial charge is 0.314 e. The highest BCUT2D eigenvalue weighted by molar-refractivity contribution is 9.10. The van der Waals surface area contributed by atoms with Crippen LogP contribution in [0.1, 0.15) is 63.9 Å². The quantitative estimate of drug-likeness (QED) is 0.485. The number of nitrogens with zero attached hydrogens (tertiary/aromatic N) is 1. The van der Waals surface area contributed by atoms with Gasteiger partial charge in [-0.05, 0) is 120 Å². The van der Waals surface area contributed by atoms with Crippen LogP contribution in [0.25, 0.3) is 0 Å². The number of ether oxygens (including phenoxy) is 1. The number of methoxy groups -OCH3 is 1. The number of urea groups is 1. The molecule has 0 bridgehead atoms. The Morgan fingerprint density at radius 1 is 1.13 bits per heavy atom. The molecule has 0 unspecified atom stereocenters. The summed E-state index contributed by atoms with van der Waals surface area (Å²) in [6.45, 7) is 6.35. The highest BCUT2D eigenvalue weighted by Crippen LogP contribution is 2.30. The highest BCUT2D eigenvalue weighted by atomic mass is 79.9. The van der Waals surface area contributed by atoms with Gasteiger partial charge in [0, 0.05) is 17.1 Å². The molecule has 6 heteroatoms. The van der Waals surface area contributed by atoms with Crippen LogP contribution in [-0.2, 0) is 6.42 Å². The second-order valence-electron chi connectivity index (χ2n) is 9.31. The molecule has 1 aliphatic heterocycles. The van der Waals surface area contributed by atoms with Crippen LogP contribution in [0.15, 0.2) is 22.7 Å². The minimum atomic E-state index is -0.00638. The predicted molar refractivity (Wildman–Crippen MR) is 131 cm³/mol. The number of hydrogen-bond acceptors (Lipinski definition) is 3. The minimum Gasteiger partial charge on any atom is -0.497 e. The van der Waals surface area contributed by atoms with Gasteiger partial charge in [-0.1, -0.05) is 15.9 Å². The summed E-state index contributed by atoms with van der Waals surface area (Å²) < 4.78 is 6.59. The molecule has 1 aromatic rings. The topological polar surface area (TPSA) is 53.6 Å². The number of likely N-dealkylation sites (tertiary alicyclic amines) is 1. The third-order valence-electron chi connectivity index (χ3n) is 7.07. The van der Waals surface area contributed by atoms with E-state index in [2.05, 4.69) is 43.6 Å². The first-order chi connectivity index (χ1) is 15.1. The number of piperidine rings is 1. The largest absolute Gasteiger partial charge is 0.497 e. The summed E-state index contributed by atoms with van der Waals surface area (Å²) in [4.78, 5) is 14.3. The van der Waals surface area contributed by atoms with E-state index in [1.165, 1.54) is 68.2 Å². The zero-order chi connectivity index (χ0) is 22.1. The lowest BCUT2D eigenvalue weighted by Gasteiger charge is -2.33. The number of hydrogen-bond donors (Lipinski definition) is 2. The van der Waals surface area contributed by atoms with E-state index < -0.39 is 0 Å². The Hall–Kier alpha value is -1.27. The van der Waals surface area contributed by atoms with E-state index in [0.29, 0.717) is 12.6 Å². The molecule has 1 saturated carbocycles. The monoisotopic (exact) mass is 493 g/mol. The predicted octanol–water partition coefficient (Wildman–Crippen LogP) is 5.37. The molecule has 2 fully saturated rings. The standard InChI is InChI=1S/C25H40BrN3O2/c1-3-27-25(30)28-22-8-6-19(7-9-22)5-4-14-29-15-12-20(13-16-29)17-21-18-23(31-2)10-11-24(21)26/h10-11,18-20,22H,3-9,12-17H2,1-2H3,(H2,27,28,30)/t19-,22-. The molecule has 1 heterocycles.